The summed E-state index contributed by atoms with van der Waals surface area (Å²) in [5.74, 6) is 1.88. The second-order valence-corrected chi connectivity index (χ2v) is 6.88. The zero-order valence-electron chi connectivity index (χ0n) is 15.5. The number of hydrogen-bond donors (Lipinski definition) is 1. The van der Waals surface area contributed by atoms with Crippen molar-refractivity contribution in [1.29, 1.82) is 0 Å². The highest BCUT2D eigenvalue weighted by molar-refractivity contribution is 7.99. The van der Waals surface area contributed by atoms with Gasteiger partial charge in [-0.2, -0.15) is 5.10 Å². The second kappa shape index (κ2) is 9.87. The number of rotatable bonds is 8. The number of aryl methyl sites for hydroxylation is 1. The molecule has 0 aromatic heterocycles. The largest absolute Gasteiger partial charge is 0.493 e. The predicted octanol–water partition coefficient (Wildman–Crippen LogP) is 4.03. The van der Waals surface area contributed by atoms with Gasteiger partial charge in [-0.1, -0.05) is 17.7 Å². The normalized spacial score (nSPS) is 11.2. The van der Waals surface area contributed by atoms with Crippen LogP contribution in [0.15, 0.2) is 52.5 Å². The molecule has 0 spiro atoms. The van der Waals surface area contributed by atoms with Crippen LogP contribution in [-0.2, 0) is 4.79 Å². The fourth-order valence-electron chi connectivity index (χ4n) is 2.22. The van der Waals surface area contributed by atoms with Gasteiger partial charge in [-0.25, -0.2) is 5.43 Å². The molecule has 26 heavy (non-hydrogen) atoms. The van der Waals surface area contributed by atoms with E-state index in [1.165, 1.54) is 5.56 Å². The molecule has 1 N–H and O–H groups in total. The first-order valence-electron chi connectivity index (χ1n) is 8.28. The molecule has 0 aliphatic heterocycles. The molecule has 0 heterocycles. The van der Waals surface area contributed by atoms with Gasteiger partial charge in [-0.15, -0.1) is 11.8 Å². The number of benzene rings is 2. The lowest BCUT2D eigenvalue weighted by atomic mass is 10.1. The minimum Gasteiger partial charge on any atom is -0.493 e. The molecular weight excluding hydrogens is 348 g/mol. The highest BCUT2D eigenvalue weighted by Gasteiger charge is 2.07. The Balaban J connectivity index is 1.85. The fraction of sp³-hybridized carbons (Fsp3) is 0.300. The van der Waals surface area contributed by atoms with E-state index in [0.717, 1.165) is 10.5 Å². The summed E-state index contributed by atoms with van der Waals surface area (Å²) in [4.78, 5) is 13.1. The number of hydrazone groups is 1. The number of carbonyl (C=O) groups is 1. The monoisotopic (exact) mass is 372 g/mol. The molecule has 2 aromatic carbocycles. The van der Waals surface area contributed by atoms with Crippen LogP contribution in [0.2, 0.25) is 0 Å². The van der Waals surface area contributed by atoms with E-state index >= 15 is 0 Å². The molecule has 0 saturated heterocycles. The maximum Gasteiger partial charge on any atom is 0.240 e. The third-order valence-corrected chi connectivity index (χ3v) is 4.78. The Labute approximate surface area is 158 Å². The molecule has 138 valence electrons. The maximum atomic E-state index is 12.0. The Bertz CT molecular complexity index is 773. The zero-order valence-corrected chi connectivity index (χ0v) is 16.4. The van der Waals surface area contributed by atoms with E-state index in [1.54, 1.807) is 26.0 Å². The van der Waals surface area contributed by atoms with Crippen molar-refractivity contribution in [2.24, 2.45) is 5.10 Å². The molecular formula is C20H24N2O3S. The van der Waals surface area contributed by atoms with Crippen LogP contribution >= 0.6 is 11.8 Å². The average molecular weight is 372 g/mol. The van der Waals surface area contributed by atoms with E-state index < -0.39 is 0 Å². The van der Waals surface area contributed by atoms with Gasteiger partial charge in [-0.3, -0.25) is 4.79 Å². The number of hydrogen-bond acceptors (Lipinski definition) is 5. The van der Waals surface area contributed by atoms with Crippen LogP contribution in [0.1, 0.15) is 24.5 Å². The molecule has 6 heteroatoms. The van der Waals surface area contributed by atoms with Crippen molar-refractivity contribution in [3.8, 4) is 11.5 Å². The second-order valence-electron chi connectivity index (χ2n) is 5.71. The van der Waals surface area contributed by atoms with Crippen LogP contribution in [0, 0.1) is 6.92 Å². The number of thioether (sulfide) groups is 1. The first-order valence-corrected chi connectivity index (χ1v) is 9.27. The standard InChI is InChI=1S/C20H24N2O3S/c1-14-5-8-17(9-6-14)26-12-11-20(23)22-21-15(2)16-7-10-18(24-3)19(13-16)25-4/h5-10,13H,11-12H2,1-4H3,(H,22,23)/b21-15-. The molecule has 0 aliphatic rings. The lowest BCUT2D eigenvalue weighted by Crippen LogP contribution is -2.19. The topological polar surface area (TPSA) is 59.9 Å². The smallest absolute Gasteiger partial charge is 0.240 e. The summed E-state index contributed by atoms with van der Waals surface area (Å²) in [7, 11) is 3.18. The van der Waals surface area contributed by atoms with Gasteiger partial charge in [0.1, 0.15) is 0 Å². The van der Waals surface area contributed by atoms with Crippen molar-refractivity contribution < 1.29 is 14.3 Å². The number of nitrogens with one attached hydrogen (secondary N) is 1. The lowest BCUT2D eigenvalue weighted by Gasteiger charge is -2.09. The molecule has 1 amide bonds. The van der Waals surface area contributed by atoms with E-state index in [0.29, 0.717) is 29.4 Å². The predicted molar refractivity (Wildman–Crippen MR) is 106 cm³/mol. The number of methoxy groups -OCH3 is 2. The average Bonchev–Trinajstić information content (AvgIpc) is 2.67. The lowest BCUT2D eigenvalue weighted by molar-refractivity contribution is -0.120. The van der Waals surface area contributed by atoms with Crippen molar-refractivity contribution >= 4 is 23.4 Å². The third-order valence-electron chi connectivity index (χ3n) is 3.77. The van der Waals surface area contributed by atoms with Gasteiger partial charge in [0.05, 0.1) is 19.9 Å². The Hall–Kier alpha value is -2.47. The zero-order chi connectivity index (χ0) is 18.9. The van der Waals surface area contributed by atoms with Crippen LogP contribution < -0.4 is 14.9 Å². The Kier molecular flexibility index (Phi) is 7.53. The summed E-state index contributed by atoms with van der Waals surface area (Å²) in [5.41, 5.74) is 5.39. The van der Waals surface area contributed by atoms with Crippen molar-refractivity contribution in [3.63, 3.8) is 0 Å². The van der Waals surface area contributed by atoms with E-state index in [4.69, 9.17) is 9.47 Å². The highest BCUT2D eigenvalue weighted by atomic mass is 32.2. The van der Waals surface area contributed by atoms with Gasteiger partial charge in [0.2, 0.25) is 5.91 Å². The van der Waals surface area contributed by atoms with Crippen molar-refractivity contribution in [2.75, 3.05) is 20.0 Å². The molecule has 5 nitrogen and oxygen atoms in total. The van der Waals surface area contributed by atoms with E-state index in [1.807, 2.05) is 25.1 Å². The van der Waals surface area contributed by atoms with Crippen LogP contribution in [0.5, 0.6) is 11.5 Å². The van der Waals surface area contributed by atoms with Gasteiger partial charge in [0, 0.05) is 22.6 Å². The quantitative estimate of drug-likeness (QED) is 0.432. The van der Waals surface area contributed by atoms with Gasteiger partial charge in [0.25, 0.3) is 0 Å². The van der Waals surface area contributed by atoms with Crippen molar-refractivity contribution in [3.05, 3.63) is 53.6 Å². The molecule has 0 unspecified atom stereocenters. The van der Waals surface area contributed by atoms with E-state index in [-0.39, 0.29) is 5.91 Å². The van der Waals surface area contributed by atoms with Crippen molar-refractivity contribution in [2.45, 2.75) is 25.2 Å². The molecule has 2 rings (SSSR count). The fourth-order valence-corrected chi connectivity index (χ4v) is 3.08. The molecule has 0 atom stereocenters. The summed E-state index contributed by atoms with van der Waals surface area (Å²) in [5, 5.41) is 4.17. The Morgan fingerprint density at radius 1 is 1.08 bits per heavy atom. The van der Waals surface area contributed by atoms with Crippen LogP contribution in [0.4, 0.5) is 0 Å². The van der Waals surface area contributed by atoms with E-state index in [9.17, 15) is 4.79 Å². The minimum absolute atomic E-state index is 0.107. The van der Waals surface area contributed by atoms with E-state index in [2.05, 4.69) is 41.7 Å². The van der Waals surface area contributed by atoms with Gasteiger partial charge in [-0.05, 0) is 44.2 Å². The Morgan fingerprint density at radius 3 is 2.42 bits per heavy atom. The third kappa shape index (κ3) is 5.81. The molecule has 0 bridgehead atoms. The van der Waals surface area contributed by atoms with Crippen LogP contribution in [-0.4, -0.2) is 31.6 Å². The summed E-state index contributed by atoms with van der Waals surface area (Å²) >= 11 is 1.66. The number of amides is 1. The van der Waals surface area contributed by atoms with Gasteiger partial charge in [0.15, 0.2) is 11.5 Å². The van der Waals surface area contributed by atoms with Crippen LogP contribution in [0.3, 0.4) is 0 Å². The minimum atomic E-state index is -0.107. The number of carbonyl (C=O) groups excluding carboxylic acids is 1. The van der Waals surface area contributed by atoms with Gasteiger partial charge >= 0.3 is 0 Å². The summed E-state index contributed by atoms with van der Waals surface area (Å²) in [6.45, 7) is 3.89. The summed E-state index contributed by atoms with van der Waals surface area (Å²) in [6.07, 6.45) is 0.404. The first kappa shape index (κ1) is 19.8. The molecule has 2 aromatic rings. The Morgan fingerprint density at radius 2 is 1.77 bits per heavy atom. The van der Waals surface area contributed by atoms with Gasteiger partial charge < -0.3 is 9.47 Å². The molecule has 0 aliphatic carbocycles. The highest BCUT2D eigenvalue weighted by Crippen LogP contribution is 2.27. The molecule has 0 fully saturated rings. The summed E-state index contributed by atoms with van der Waals surface area (Å²) in [6, 6.07) is 13.8. The molecule has 0 saturated carbocycles. The van der Waals surface area contributed by atoms with Crippen molar-refractivity contribution in [1.82, 2.24) is 5.43 Å². The number of nitrogens with zero attached hydrogens (tertiary/aromatic N) is 1. The molecule has 0 radical (unpaired) electrons. The summed E-state index contributed by atoms with van der Waals surface area (Å²) < 4.78 is 10.5. The number of ether oxygens (including phenoxy) is 2. The van der Waals surface area contributed by atoms with Crippen LogP contribution in [0.25, 0.3) is 0 Å². The first-order chi connectivity index (χ1) is 12.5. The SMILES string of the molecule is COc1ccc(/C(C)=N\NC(=O)CCSc2ccc(C)cc2)cc1OC. The maximum absolute atomic E-state index is 12.0.